The first-order valence-corrected chi connectivity index (χ1v) is 16.3. The Hall–Kier alpha value is -4.47. The van der Waals surface area contributed by atoms with E-state index in [1.807, 2.05) is 6.92 Å². The lowest BCUT2D eigenvalue weighted by Gasteiger charge is -2.15. The molecule has 15 nitrogen and oxygen atoms in total. The third-order valence-electron chi connectivity index (χ3n) is 7.57. The predicted molar refractivity (Wildman–Crippen MR) is 161 cm³/mol. The highest BCUT2D eigenvalue weighted by molar-refractivity contribution is 7.98. The Balaban J connectivity index is 1.28. The summed E-state index contributed by atoms with van der Waals surface area (Å²) in [5.74, 6) is -3.52. The van der Waals surface area contributed by atoms with Gasteiger partial charge in [-0.15, -0.1) is 10.1 Å². The van der Waals surface area contributed by atoms with Gasteiger partial charge in [-0.2, -0.15) is 11.8 Å². The number of unbranched alkanes of at least 4 members (excludes halogenated alkanes) is 2. The minimum Gasteiger partial charge on any atom is -0.352 e. The van der Waals surface area contributed by atoms with Gasteiger partial charge in [0.2, 0.25) is 5.91 Å². The maximum Gasteiger partial charge on any atom is 0.363 e. The number of rotatable bonds is 16. The van der Waals surface area contributed by atoms with Crippen LogP contribution < -0.4 is 16.0 Å². The van der Waals surface area contributed by atoms with E-state index >= 15 is 0 Å². The van der Waals surface area contributed by atoms with E-state index in [-0.39, 0.29) is 74.0 Å². The van der Waals surface area contributed by atoms with Crippen LogP contribution in [0.15, 0.2) is 18.2 Å². The van der Waals surface area contributed by atoms with E-state index in [0.29, 0.717) is 39.8 Å². The van der Waals surface area contributed by atoms with E-state index in [2.05, 4.69) is 16.0 Å². The number of nitrogens with one attached hydrogen (secondary N) is 3. The van der Waals surface area contributed by atoms with Gasteiger partial charge < -0.3 is 25.6 Å². The monoisotopic (exact) mass is 659 g/mol. The summed E-state index contributed by atoms with van der Waals surface area (Å²) >= 11 is 1.33. The number of carbonyl (C=O) groups is 8. The molecule has 46 heavy (non-hydrogen) atoms. The third kappa shape index (κ3) is 9.76. The first kappa shape index (κ1) is 34.4. The van der Waals surface area contributed by atoms with Crippen molar-refractivity contribution < 1.29 is 48.0 Å². The van der Waals surface area contributed by atoms with Crippen LogP contribution in [-0.4, -0.2) is 75.5 Å². The van der Waals surface area contributed by atoms with Crippen molar-refractivity contribution in [2.24, 2.45) is 0 Å². The van der Waals surface area contributed by atoms with Crippen molar-refractivity contribution in [1.29, 1.82) is 0 Å². The second-order valence-corrected chi connectivity index (χ2v) is 12.3. The minimum atomic E-state index is -0.908. The summed E-state index contributed by atoms with van der Waals surface area (Å²) in [5.41, 5.74) is 1.31. The van der Waals surface area contributed by atoms with Crippen LogP contribution in [0.3, 0.4) is 0 Å². The average molecular weight is 660 g/mol. The molecule has 0 radical (unpaired) electrons. The van der Waals surface area contributed by atoms with Gasteiger partial charge in [-0.3, -0.25) is 24.0 Å². The molecular weight excluding hydrogens is 622 g/mol. The van der Waals surface area contributed by atoms with Crippen LogP contribution in [0.1, 0.15) is 92.6 Å². The Bertz CT molecular complexity index is 1370. The Morgan fingerprint density at radius 3 is 2.09 bits per heavy atom. The number of thioether (sulfide) groups is 1. The van der Waals surface area contributed by atoms with Gasteiger partial charge in [-0.25, -0.2) is 14.4 Å². The minimum absolute atomic E-state index is 0.00233. The number of benzene rings is 1. The maximum absolute atomic E-state index is 12.9. The molecule has 0 aromatic heterocycles. The number of amides is 7. The Morgan fingerprint density at radius 2 is 1.46 bits per heavy atom. The molecule has 3 fully saturated rings. The molecule has 4 rings (SSSR count). The molecule has 2 atom stereocenters. The van der Waals surface area contributed by atoms with E-state index < -0.39 is 35.6 Å². The third-order valence-corrected chi connectivity index (χ3v) is 8.60. The van der Waals surface area contributed by atoms with Crippen molar-refractivity contribution in [3.05, 3.63) is 34.9 Å². The molecule has 1 aromatic rings. The van der Waals surface area contributed by atoms with Gasteiger partial charge in [-0.1, -0.05) is 18.9 Å². The van der Waals surface area contributed by atoms with Gasteiger partial charge in [0, 0.05) is 56.2 Å². The fourth-order valence-electron chi connectivity index (χ4n) is 5.09. The fraction of sp³-hybridized carbons (Fsp3) is 0.533. The smallest absolute Gasteiger partial charge is 0.352 e. The molecule has 248 valence electrons. The standard InChI is InChI=1S/C30H37N5O10S/c1-18-22(33-30(43)32-18)5-3-2-4-6-23(36)31-16-19-13-20(15-21(14-19)29(42)45-35-26(39)9-10-27(35)40)17-46-12-11-28(41)44-34-24(37)7-8-25(34)38/h13-15,18,22H,2-12,16-17H2,1H3,(H,31,36)(H2,32,33,43). The predicted octanol–water partition coefficient (Wildman–Crippen LogP) is 1.77. The van der Waals surface area contributed by atoms with Crippen LogP contribution in [0.2, 0.25) is 0 Å². The normalized spacial score (nSPS) is 19.4. The molecule has 3 saturated heterocycles. The molecular formula is C30H37N5O10S. The molecule has 16 heteroatoms. The molecule has 7 amide bonds. The highest BCUT2D eigenvalue weighted by Gasteiger charge is 2.34. The number of hydrogen-bond donors (Lipinski definition) is 3. The number of hydroxylamine groups is 4. The number of nitrogens with zero attached hydrogens (tertiary/aromatic N) is 2. The van der Waals surface area contributed by atoms with Crippen LogP contribution in [0, 0.1) is 0 Å². The largest absolute Gasteiger partial charge is 0.363 e. The molecule has 3 aliphatic rings. The van der Waals surface area contributed by atoms with Crippen LogP contribution in [-0.2, 0) is 50.7 Å². The summed E-state index contributed by atoms with van der Waals surface area (Å²) in [5, 5.41) is 9.49. The van der Waals surface area contributed by atoms with Crippen LogP contribution in [0.5, 0.6) is 0 Å². The molecule has 0 bridgehead atoms. The van der Waals surface area contributed by atoms with Crippen LogP contribution >= 0.6 is 11.8 Å². The Kier molecular flexibility index (Phi) is 12.1. The molecule has 3 N–H and O–H groups in total. The molecule has 0 saturated carbocycles. The summed E-state index contributed by atoms with van der Waals surface area (Å²) in [7, 11) is 0. The number of urea groups is 1. The summed E-state index contributed by atoms with van der Waals surface area (Å²) in [6.07, 6.45) is 3.32. The number of imide groups is 2. The lowest BCUT2D eigenvalue weighted by molar-refractivity contribution is -0.197. The second kappa shape index (κ2) is 16.2. The van der Waals surface area contributed by atoms with E-state index in [4.69, 9.17) is 9.68 Å². The molecule has 1 aromatic carbocycles. The molecule has 2 unspecified atom stereocenters. The zero-order valence-electron chi connectivity index (χ0n) is 25.5. The van der Waals surface area contributed by atoms with Crippen molar-refractivity contribution in [3.63, 3.8) is 0 Å². The quantitative estimate of drug-likeness (QED) is 0.173. The Labute approximate surface area is 269 Å². The van der Waals surface area contributed by atoms with E-state index in [1.165, 1.54) is 23.9 Å². The highest BCUT2D eigenvalue weighted by atomic mass is 32.2. The van der Waals surface area contributed by atoms with Gasteiger partial charge >= 0.3 is 18.0 Å². The summed E-state index contributed by atoms with van der Waals surface area (Å²) < 4.78 is 0. The van der Waals surface area contributed by atoms with Gasteiger partial charge in [0.05, 0.1) is 18.0 Å². The van der Waals surface area contributed by atoms with Crippen molar-refractivity contribution in [2.45, 2.75) is 95.5 Å². The highest BCUT2D eigenvalue weighted by Crippen LogP contribution is 2.21. The van der Waals surface area contributed by atoms with Gasteiger partial charge in [0.25, 0.3) is 23.6 Å². The lowest BCUT2D eigenvalue weighted by atomic mass is 10.0. The van der Waals surface area contributed by atoms with Crippen molar-refractivity contribution in [1.82, 2.24) is 26.1 Å². The average Bonchev–Trinajstić information content (AvgIpc) is 3.64. The van der Waals surface area contributed by atoms with Crippen molar-refractivity contribution in [3.8, 4) is 0 Å². The molecule has 0 aliphatic carbocycles. The zero-order valence-corrected chi connectivity index (χ0v) is 26.3. The summed E-state index contributed by atoms with van der Waals surface area (Å²) in [6.45, 7) is 2.06. The lowest BCUT2D eigenvalue weighted by Crippen LogP contribution is -2.32. The summed E-state index contributed by atoms with van der Waals surface area (Å²) in [4.78, 5) is 106. The topological polar surface area (TPSA) is 198 Å². The molecule has 3 aliphatic heterocycles. The second-order valence-electron chi connectivity index (χ2n) is 11.2. The van der Waals surface area contributed by atoms with Gasteiger partial charge in [0.15, 0.2) is 0 Å². The van der Waals surface area contributed by atoms with Crippen molar-refractivity contribution >= 4 is 59.3 Å². The van der Waals surface area contributed by atoms with Crippen molar-refractivity contribution in [2.75, 3.05) is 5.75 Å². The SMILES string of the molecule is CC1NC(=O)NC1CCCCCC(=O)NCc1cc(CSCCC(=O)ON2C(=O)CCC2=O)cc(C(=O)ON2C(=O)CCC2=O)c1. The number of carbonyl (C=O) groups excluding carboxylic acids is 8. The van der Waals surface area contributed by atoms with E-state index in [9.17, 15) is 38.4 Å². The fourth-order valence-corrected chi connectivity index (χ4v) is 5.95. The van der Waals surface area contributed by atoms with Crippen LogP contribution in [0.25, 0.3) is 0 Å². The zero-order chi connectivity index (χ0) is 33.2. The molecule has 3 heterocycles. The molecule has 0 spiro atoms. The maximum atomic E-state index is 12.9. The Morgan fingerprint density at radius 1 is 0.826 bits per heavy atom. The summed E-state index contributed by atoms with van der Waals surface area (Å²) in [6, 6.07) is 4.81. The van der Waals surface area contributed by atoms with E-state index in [1.54, 1.807) is 6.07 Å². The van der Waals surface area contributed by atoms with Crippen LogP contribution in [0.4, 0.5) is 4.79 Å². The first-order valence-electron chi connectivity index (χ1n) is 15.2. The van der Waals surface area contributed by atoms with Gasteiger partial charge in [0.1, 0.15) is 0 Å². The number of hydrogen-bond acceptors (Lipinski definition) is 11. The first-order chi connectivity index (χ1) is 22.0. The van der Waals surface area contributed by atoms with Gasteiger partial charge in [-0.05, 0) is 43.0 Å². The van der Waals surface area contributed by atoms with E-state index in [0.717, 1.165) is 19.3 Å².